The third kappa shape index (κ3) is 3.16. The Morgan fingerprint density at radius 2 is 2.08 bits per heavy atom. The zero-order valence-electron chi connectivity index (χ0n) is 15.8. The van der Waals surface area contributed by atoms with Gasteiger partial charge >= 0.3 is 0 Å². The summed E-state index contributed by atoms with van der Waals surface area (Å²) in [5.74, 6) is 1.05. The summed E-state index contributed by atoms with van der Waals surface area (Å²) >= 11 is 0. The topological polar surface area (TPSA) is 82.2 Å². The number of anilines is 2. The quantitative estimate of drug-likeness (QED) is 0.859. The second-order valence-electron chi connectivity index (χ2n) is 6.49. The van der Waals surface area contributed by atoms with Crippen LogP contribution in [-0.4, -0.2) is 29.3 Å². The number of hydrogen-bond donors (Lipinski definition) is 2. The number of fused-ring (bicyclic) bond motifs is 2. The monoisotopic (exact) mass is 356 g/mol. The van der Waals surface area contributed by atoms with Gasteiger partial charge in [0.1, 0.15) is 11.6 Å². The maximum atomic E-state index is 13.1. The Kier molecular flexibility index (Phi) is 5.49. The molecule has 3 N–H and O–H groups in total. The molecule has 0 fully saturated rings. The highest BCUT2D eigenvalue weighted by Gasteiger charge is 2.31. The normalized spacial score (nSPS) is 17.9. The number of carbonyl (C=O) groups is 1. The smallest absolute Gasteiger partial charge is 0.256 e. The van der Waals surface area contributed by atoms with Crippen LogP contribution in [0.3, 0.4) is 0 Å². The van der Waals surface area contributed by atoms with Crippen molar-refractivity contribution >= 4 is 17.4 Å². The van der Waals surface area contributed by atoms with Gasteiger partial charge in [0, 0.05) is 23.9 Å². The van der Waals surface area contributed by atoms with Gasteiger partial charge in [0.05, 0.1) is 18.7 Å². The fraction of sp³-hybridized carbons (Fsp3) is 0.500. The van der Waals surface area contributed by atoms with Gasteiger partial charge in [0.15, 0.2) is 0 Å². The number of ether oxygens (including phenoxy) is 1. The molecule has 0 radical (unpaired) electrons. The minimum absolute atomic E-state index is 0.0326. The van der Waals surface area contributed by atoms with E-state index in [1.807, 2.05) is 32.0 Å². The molecule has 0 bridgehead atoms. The fourth-order valence-corrected chi connectivity index (χ4v) is 3.78. The number of aromatic nitrogens is 2. The lowest BCUT2D eigenvalue weighted by Gasteiger charge is -2.26. The van der Waals surface area contributed by atoms with Crippen molar-refractivity contribution in [3.8, 4) is 5.75 Å². The van der Waals surface area contributed by atoms with Crippen molar-refractivity contribution in [2.45, 2.75) is 51.9 Å². The molecule has 2 heterocycles. The summed E-state index contributed by atoms with van der Waals surface area (Å²) in [6.07, 6.45) is 4.82. The highest BCUT2D eigenvalue weighted by molar-refractivity contribution is 5.90. The molecule has 26 heavy (non-hydrogen) atoms. The molecule has 1 aromatic carbocycles. The van der Waals surface area contributed by atoms with Crippen LogP contribution in [0.1, 0.15) is 60.6 Å². The van der Waals surface area contributed by atoms with Crippen LogP contribution in [0.2, 0.25) is 0 Å². The van der Waals surface area contributed by atoms with Crippen molar-refractivity contribution in [3.63, 3.8) is 0 Å². The summed E-state index contributed by atoms with van der Waals surface area (Å²) < 4.78 is 6.72. The molecule has 1 aromatic heterocycles. The largest absolute Gasteiger partial charge is 0.497 e. The van der Waals surface area contributed by atoms with Crippen molar-refractivity contribution in [1.82, 2.24) is 9.78 Å². The molecule has 6 heteroatoms. The summed E-state index contributed by atoms with van der Waals surface area (Å²) in [5, 5.41) is 7.87. The van der Waals surface area contributed by atoms with Crippen molar-refractivity contribution in [3.05, 3.63) is 35.0 Å². The van der Waals surface area contributed by atoms with Gasteiger partial charge in [-0.15, -0.1) is 0 Å². The van der Waals surface area contributed by atoms with Crippen molar-refractivity contribution in [2.75, 3.05) is 24.7 Å². The summed E-state index contributed by atoms with van der Waals surface area (Å²) in [7, 11) is 1.64. The number of methoxy groups -OCH3 is 1. The number of rotatable bonds is 2. The van der Waals surface area contributed by atoms with Gasteiger partial charge in [0.2, 0.25) is 0 Å². The van der Waals surface area contributed by atoms with Gasteiger partial charge < -0.3 is 15.8 Å². The van der Waals surface area contributed by atoms with Crippen LogP contribution < -0.4 is 15.8 Å². The fourth-order valence-electron chi connectivity index (χ4n) is 3.78. The number of nitrogens with zero attached hydrogens (tertiary/aromatic N) is 2. The molecular formula is C20H28N4O2. The minimum atomic E-state index is -0.226. The molecule has 1 aliphatic carbocycles. The lowest BCUT2D eigenvalue weighted by molar-refractivity contribution is 0.0859. The van der Waals surface area contributed by atoms with E-state index < -0.39 is 0 Å². The number of carbonyl (C=O) groups excluding carboxylic acids is 1. The first-order valence-electron chi connectivity index (χ1n) is 9.51. The lowest BCUT2D eigenvalue weighted by atomic mass is 9.90. The number of hydrogen-bond acceptors (Lipinski definition) is 5. The highest BCUT2D eigenvalue weighted by atomic mass is 16.5. The summed E-state index contributed by atoms with van der Waals surface area (Å²) in [5.41, 5.74) is 10.2. The van der Waals surface area contributed by atoms with E-state index in [9.17, 15) is 4.79 Å². The summed E-state index contributed by atoms with van der Waals surface area (Å²) in [4.78, 5) is 13.1. The first kappa shape index (κ1) is 18.3. The number of nitrogens with two attached hydrogens (primary N) is 1. The van der Waals surface area contributed by atoms with Crippen molar-refractivity contribution in [1.29, 1.82) is 0 Å². The van der Waals surface area contributed by atoms with E-state index in [-0.39, 0.29) is 11.8 Å². The van der Waals surface area contributed by atoms with E-state index in [1.54, 1.807) is 7.11 Å². The van der Waals surface area contributed by atoms with Crippen LogP contribution in [0.25, 0.3) is 0 Å². The zero-order chi connectivity index (χ0) is 18.7. The maximum absolute atomic E-state index is 13.1. The average molecular weight is 356 g/mol. The zero-order valence-corrected chi connectivity index (χ0v) is 15.8. The molecular weight excluding hydrogens is 328 g/mol. The molecule has 140 valence electrons. The predicted molar refractivity (Wildman–Crippen MR) is 104 cm³/mol. The van der Waals surface area contributed by atoms with Crippen LogP contribution >= 0.6 is 0 Å². The Labute approximate surface area is 154 Å². The first-order chi connectivity index (χ1) is 12.7. The van der Waals surface area contributed by atoms with Crippen LogP contribution in [0.4, 0.5) is 11.5 Å². The Hall–Kier alpha value is -2.50. The van der Waals surface area contributed by atoms with E-state index in [0.29, 0.717) is 5.82 Å². The Morgan fingerprint density at radius 1 is 1.31 bits per heavy atom. The number of nitrogen functional groups attached to an aromatic ring is 1. The van der Waals surface area contributed by atoms with Crippen LogP contribution in [0, 0.1) is 0 Å². The molecule has 2 aliphatic rings. The average Bonchev–Trinajstić information content (AvgIpc) is 3.05. The van der Waals surface area contributed by atoms with Gasteiger partial charge in [-0.3, -0.25) is 4.79 Å². The summed E-state index contributed by atoms with van der Waals surface area (Å²) in [6.45, 7) is 4.75. The molecule has 1 atom stereocenters. The van der Waals surface area contributed by atoms with Crippen molar-refractivity contribution in [2.24, 2.45) is 0 Å². The number of nitrogens with one attached hydrogen (secondary N) is 1. The highest BCUT2D eigenvalue weighted by Crippen LogP contribution is 2.36. The Morgan fingerprint density at radius 3 is 2.81 bits per heavy atom. The van der Waals surface area contributed by atoms with Gasteiger partial charge in [-0.2, -0.15) is 9.78 Å². The van der Waals surface area contributed by atoms with E-state index in [0.717, 1.165) is 66.9 Å². The molecule has 0 spiro atoms. The lowest BCUT2D eigenvalue weighted by Crippen LogP contribution is -2.28. The SMILES string of the molecule is CC.COc1ccc2c(c1)NCCC2C(=O)n1nc2c(c1N)CCCC2. The molecule has 4 rings (SSSR count). The third-order valence-corrected chi connectivity index (χ3v) is 5.09. The molecule has 1 aliphatic heterocycles. The molecule has 1 unspecified atom stereocenters. The molecule has 2 aromatic rings. The van der Waals surface area contributed by atoms with Gasteiger partial charge in [0.25, 0.3) is 5.91 Å². The van der Waals surface area contributed by atoms with Crippen molar-refractivity contribution < 1.29 is 9.53 Å². The number of aryl methyl sites for hydroxylation is 1. The third-order valence-electron chi connectivity index (χ3n) is 5.09. The minimum Gasteiger partial charge on any atom is -0.497 e. The van der Waals surface area contributed by atoms with E-state index in [4.69, 9.17) is 10.5 Å². The molecule has 0 saturated carbocycles. The second-order valence-corrected chi connectivity index (χ2v) is 6.49. The van der Waals surface area contributed by atoms with Gasteiger partial charge in [-0.1, -0.05) is 19.9 Å². The number of benzene rings is 1. The Bertz CT molecular complexity index is 797. The maximum Gasteiger partial charge on any atom is 0.256 e. The summed E-state index contributed by atoms with van der Waals surface area (Å²) in [6, 6.07) is 5.79. The predicted octanol–water partition coefficient (Wildman–Crippen LogP) is 3.62. The van der Waals surface area contributed by atoms with Crippen LogP contribution in [0.5, 0.6) is 5.75 Å². The second kappa shape index (κ2) is 7.81. The van der Waals surface area contributed by atoms with Crippen LogP contribution in [-0.2, 0) is 12.8 Å². The molecule has 0 amide bonds. The van der Waals surface area contributed by atoms with Gasteiger partial charge in [-0.05, 0) is 43.7 Å². The van der Waals surface area contributed by atoms with E-state index in [1.165, 1.54) is 4.68 Å². The molecule has 0 saturated heterocycles. The van der Waals surface area contributed by atoms with Gasteiger partial charge in [-0.25, -0.2) is 0 Å². The first-order valence-corrected chi connectivity index (χ1v) is 9.51. The van der Waals surface area contributed by atoms with E-state index in [2.05, 4.69) is 10.4 Å². The van der Waals surface area contributed by atoms with E-state index >= 15 is 0 Å². The Balaban J connectivity index is 0.000000948. The standard InChI is InChI=1S/C18H22N4O2.C2H6/c1-24-11-6-7-12-13(8-9-20-16(12)10-11)18(23)22-17(19)14-4-2-3-5-15(14)21-22;1-2/h6-7,10,13,20H,2-5,8-9,19H2,1H3;1-2H3. The van der Waals surface area contributed by atoms with Crippen LogP contribution in [0.15, 0.2) is 18.2 Å². The molecule has 6 nitrogen and oxygen atoms in total.